The van der Waals surface area contributed by atoms with Crippen LogP contribution >= 0.6 is 0 Å². The highest BCUT2D eigenvalue weighted by molar-refractivity contribution is 6.05. The van der Waals surface area contributed by atoms with E-state index in [1.165, 1.54) is 0 Å². The van der Waals surface area contributed by atoms with E-state index in [2.05, 4.69) is 27.1 Å². The molecule has 0 saturated carbocycles. The molecule has 4 aromatic rings. The Balaban J connectivity index is 1.40. The molecule has 3 amide bonds. The predicted molar refractivity (Wildman–Crippen MR) is 132 cm³/mol. The first kappa shape index (κ1) is 22.0. The van der Waals surface area contributed by atoms with E-state index in [1.807, 2.05) is 50.6 Å². The Kier molecular flexibility index (Phi) is 5.06. The molecule has 6 rings (SSSR count). The van der Waals surface area contributed by atoms with Crippen LogP contribution in [-0.2, 0) is 30.2 Å². The van der Waals surface area contributed by atoms with Gasteiger partial charge >= 0.3 is 0 Å². The molecule has 2 aromatic carbocycles. The van der Waals surface area contributed by atoms with Crippen molar-refractivity contribution in [3.63, 3.8) is 0 Å². The number of aryl methyl sites for hydroxylation is 1. The molecule has 0 radical (unpaired) electrons. The number of carbonyl (C=O) groups is 3. The van der Waals surface area contributed by atoms with Crippen molar-refractivity contribution in [2.45, 2.75) is 25.4 Å². The minimum absolute atomic E-state index is 0.188. The number of fused-ring (bicyclic) bond motifs is 1. The maximum atomic E-state index is 13.1. The first-order chi connectivity index (χ1) is 17.4. The predicted octanol–water partition coefficient (Wildman–Crippen LogP) is 2.92. The van der Waals surface area contributed by atoms with Gasteiger partial charge in [0.25, 0.3) is 5.91 Å². The van der Waals surface area contributed by atoms with Crippen molar-refractivity contribution in [3.05, 3.63) is 72.1 Å². The second-order valence-electron chi connectivity index (χ2n) is 9.23. The molecular formula is C27H24N6O3. The van der Waals surface area contributed by atoms with Crippen LogP contribution in [0.1, 0.15) is 28.8 Å². The zero-order chi connectivity index (χ0) is 25.0. The van der Waals surface area contributed by atoms with Crippen molar-refractivity contribution in [3.8, 4) is 33.9 Å². The quantitative estimate of drug-likeness (QED) is 0.453. The van der Waals surface area contributed by atoms with Gasteiger partial charge in [-0.3, -0.25) is 24.4 Å². The molecule has 2 aliphatic rings. The topological polar surface area (TPSA) is 102 Å². The Bertz CT molecular complexity index is 1530. The number of aromatic nitrogens is 4. The van der Waals surface area contributed by atoms with Gasteiger partial charge in [-0.05, 0) is 24.1 Å². The van der Waals surface area contributed by atoms with Crippen LogP contribution in [0.2, 0.25) is 0 Å². The van der Waals surface area contributed by atoms with E-state index in [0.717, 1.165) is 39.5 Å². The molecule has 1 unspecified atom stereocenters. The molecule has 2 aromatic heterocycles. The fraction of sp³-hybridized carbons (Fsp3) is 0.222. The van der Waals surface area contributed by atoms with Crippen LogP contribution in [0.5, 0.6) is 0 Å². The molecule has 9 heteroatoms. The average Bonchev–Trinajstić information content (AvgIpc) is 3.55. The standard InChI is InChI=1S/C27H24N6O3/c1-31-14-19(13-28-31)23-24(16-6-4-3-5-7-16)32(2)25(30-23)17-8-9-20-18(12-17)15-33(27(20)36)21-10-11-22(34)29-26(21)35/h3-9,12-14,21H,10-11,15H2,1-2H3,(H,29,34,35). The summed E-state index contributed by atoms with van der Waals surface area (Å²) in [6, 6.07) is 15.1. The third-order valence-corrected chi connectivity index (χ3v) is 6.90. The molecule has 36 heavy (non-hydrogen) atoms. The summed E-state index contributed by atoms with van der Waals surface area (Å²) in [4.78, 5) is 43.6. The van der Waals surface area contributed by atoms with Gasteiger partial charge < -0.3 is 9.47 Å². The van der Waals surface area contributed by atoms with E-state index in [4.69, 9.17) is 4.98 Å². The third-order valence-electron chi connectivity index (χ3n) is 6.90. The molecular weight excluding hydrogens is 456 g/mol. The lowest BCUT2D eigenvalue weighted by Gasteiger charge is -2.29. The summed E-state index contributed by atoms with van der Waals surface area (Å²) in [5.74, 6) is -0.129. The summed E-state index contributed by atoms with van der Waals surface area (Å²) in [7, 11) is 3.86. The van der Waals surface area contributed by atoms with Crippen LogP contribution < -0.4 is 5.32 Å². The van der Waals surface area contributed by atoms with Crippen molar-refractivity contribution in [1.29, 1.82) is 0 Å². The van der Waals surface area contributed by atoms with Crippen molar-refractivity contribution in [2.75, 3.05) is 0 Å². The highest BCUT2D eigenvalue weighted by atomic mass is 16.2. The molecule has 0 aliphatic carbocycles. The SMILES string of the molecule is Cn1cc(-c2nc(-c3ccc4c(c3)CN(C3CCC(=O)NC3=O)C4=O)n(C)c2-c2ccccc2)cn1. The highest BCUT2D eigenvalue weighted by Crippen LogP contribution is 2.37. The third kappa shape index (κ3) is 3.51. The number of rotatable bonds is 4. The van der Waals surface area contributed by atoms with Gasteiger partial charge in [0.2, 0.25) is 11.8 Å². The normalized spacial score (nSPS) is 17.4. The molecule has 1 atom stereocenters. The summed E-state index contributed by atoms with van der Waals surface area (Å²) < 4.78 is 3.82. The highest BCUT2D eigenvalue weighted by Gasteiger charge is 2.39. The fourth-order valence-corrected chi connectivity index (χ4v) is 5.14. The number of piperidine rings is 1. The summed E-state index contributed by atoms with van der Waals surface area (Å²) in [5.41, 5.74) is 6.05. The van der Waals surface area contributed by atoms with Gasteiger partial charge in [-0.1, -0.05) is 36.4 Å². The monoisotopic (exact) mass is 480 g/mol. The second kappa shape index (κ2) is 8.30. The number of nitrogens with one attached hydrogen (secondary N) is 1. The number of hydrogen-bond acceptors (Lipinski definition) is 5. The van der Waals surface area contributed by atoms with E-state index >= 15 is 0 Å². The average molecular weight is 481 g/mol. The first-order valence-corrected chi connectivity index (χ1v) is 11.8. The molecule has 0 spiro atoms. The van der Waals surface area contributed by atoms with Gasteiger partial charge in [-0.2, -0.15) is 5.10 Å². The van der Waals surface area contributed by atoms with E-state index in [9.17, 15) is 14.4 Å². The molecule has 1 N–H and O–H groups in total. The second-order valence-corrected chi connectivity index (χ2v) is 9.23. The maximum absolute atomic E-state index is 13.1. The molecule has 1 saturated heterocycles. The van der Waals surface area contributed by atoms with Crippen molar-refractivity contribution in [1.82, 2.24) is 29.5 Å². The van der Waals surface area contributed by atoms with Crippen LogP contribution in [0.15, 0.2) is 60.9 Å². The number of hydrogen-bond donors (Lipinski definition) is 1. The van der Waals surface area contributed by atoms with Crippen LogP contribution in [0, 0.1) is 0 Å². The van der Waals surface area contributed by atoms with Gasteiger partial charge in [0, 0.05) is 55.5 Å². The minimum atomic E-state index is -0.638. The Morgan fingerprint density at radius 3 is 2.50 bits per heavy atom. The molecule has 4 heterocycles. The van der Waals surface area contributed by atoms with Gasteiger partial charge in [-0.15, -0.1) is 0 Å². The molecule has 1 fully saturated rings. The lowest BCUT2D eigenvalue weighted by Crippen LogP contribution is -2.52. The lowest BCUT2D eigenvalue weighted by molar-refractivity contribution is -0.136. The summed E-state index contributed by atoms with van der Waals surface area (Å²) >= 11 is 0. The zero-order valence-corrected chi connectivity index (χ0v) is 19.9. The Hall–Kier alpha value is -4.53. The number of benzene rings is 2. The van der Waals surface area contributed by atoms with Crippen LogP contribution in [0.3, 0.4) is 0 Å². The number of carbonyl (C=O) groups excluding carboxylic acids is 3. The minimum Gasteiger partial charge on any atom is -0.327 e. The Morgan fingerprint density at radius 1 is 0.972 bits per heavy atom. The van der Waals surface area contributed by atoms with Crippen LogP contribution in [-0.4, -0.2) is 48.0 Å². The molecule has 9 nitrogen and oxygen atoms in total. The fourth-order valence-electron chi connectivity index (χ4n) is 5.14. The number of imidazole rings is 1. The maximum Gasteiger partial charge on any atom is 0.255 e. The summed E-state index contributed by atoms with van der Waals surface area (Å²) in [5, 5.41) is 6.68. The number of amides is 3. The smallest absolute Gasteiger partial charge is 0.255 e. The van der Waals surface area contributed by atoms with E-state index in [0.29, 0.717) is 18.5 Å². The number of nitrogens with zero attached hydrogens (tertiary/aromatic N) is 5. The Morgan fingerprint density at radius 2 is 1.78 bits per heavy atom. The summed E-state index contributed by atoms with van der Waals surface area (Å²) in [6.45, 7) is 0.319. The zero-order valence-electron chi connectivity index (χ0n) is 19.9. The van der Waals surface area contributed by atoms with Crippen LogP contribution in [0.25, 0.3) is 33.9 Å². The molecule has 180 valence electrons. The van der Waals surface area contributed by atoms with E-state index in [1.54, 1.807) is 21.8 Å². The van der Waals surface area contributed by atoms with Crippen LogP contribution in [0.4, 0.5) is 0 Å². The Labute approximate surface area is 207 Å². The summed E-state index contributed by atoms with van der Waals surface area (Å²) in [6.07, 6.45) is 4.31. The number of imide groups is 1. The van der Waals surface area contributed by atoms with Gasteiger partial charge in [0.05, 0.1) is 11.9 Å². The van der Waals surface area contributed by atoms with Gasteiger partial charge in [0.1, 0.15) is 17.6 Å². The van der Waals surface area contributed by atoms with Gasteiger partial charge in [-0.25, -0.2) is 4.98 Å². The van der Waals surface area contributed by atoms with Crippen molar-refractivity contribution in [2.24, 2.45) is 14.1 Å². The van der Waals surface area contributed by atoms with E-state index in [-0.39, 0.29) is 18.2 Å². The molecule has 0 bridgehead atoms. The van der Waals surface area contributed by atoms with Crippen molar-refractivity contribution >= 4 is 17.7 Å². The molecule has 2 aliphatic heterocycles. The first-order valence-electron chi connectivity index (χ1n) is 11.8. The van der Waals surface area contributed by atoms with E-state index < -0.39 is 11.9 Å². The van der Waals surface area contributed by atoms with Crippen molar-refractivity contribution < 1.29 is 14.4 Å². The van der Waals surface area contributed by atoms with Gasteiger partial charge in [0.15, 0.2) is 0 Å². The lowest BCUT2D eigenvalue weighted by atomic mass is 10.0. The largest absolute Gasteiger partial charge is 0.327 e.